The van der Waals surface area contributed by atoms with Gasteiger partial charge in [-0.15, -0.1) is 21.5 Å². The molecular formula is C16H13ClN4O2S3. The van der Waals surface area contributed by atoms with Gasteiger partial charge in [0.25, 0.3) is 11.8 Å². The summed E-state index contributed by atoms with van der Waals surface area (Å²) >= 11 is 10.3. The van der Waals surface area contributed by atoms with Gasteiger partial charge in [-0.2, -0.15) is 0 Å². The molecule has 0 saturated carbocycles. The minimum Gasteiger partial charge on any atom is -0.320 e. The topological polar surface area (TPSA) is 84.0 Å². The summed E-state index contributed by atoms with van der Waals surface area (Å²) in [5.41, 5.74) is 0.730. The fourth-order valence-corrected chi connectivity index (χ4v) is 4.39. The number of anilines is 2. The molecule has 0 saturated heterocycles. The molecule has 6 nitrogen and oxygen atoms in total. The zero-order valence-corrected chi connectivity index (χ0v) is 16.7. The van der Waals surface area contributed by atoms with Crippen molar-refractivity contribution in [2.75, 3.05) is 16.4 Å². The molecule has 0 aliphatic rings. The van der Waals surface area contributed by atoms with Crippen molar-refractivity contribution >= 4 is 68.7 Å². The number of carbonyl (C=O) groups is 2. The summed E-state index contributed by atoms with van der Waals surface area (Å²) in [6, 6.07) is 8.19. The van der Waals surface area contributed by atoms with E-state index in [1.165, 1.54) is 28.7 Å². The molecule has 0 aliphatic heterocycles. The second-order valence-corrected chi connectivity index (χ2v) is 8.73. The predicted molar refractivity (Wildman–Crippen MR) is 108 cm³/mol. The molecule has 0 fully saturated rings. The Hall–Kier alpha value is -1.94. The Kier molecular flexibility index (Phi) is 6.25. The minimum atomic E-state index is -0.350. The third kappa shape index (κ3) is 4.61. The van der Waals surface area contributed by atoms with Gasteiger partial charge in [0.15, 0.2) is 4.34 Å². The van der Waals surface area contributed by atoms with E-state index in [2.05, 4.69) is 20.8 Å². The van der Waals surface area contributed by atoms with Crippen LogP contribution in [0.15, 0.2) is 40.1 Å². The minimum absolute atomic E-state index is 0.273. The number of amides is 2. The van der Waals surface area contributed by atoms with Gasteiger partial charge in [-0.05, 0) is 35.4 Å². The zero-order valence-electron chi connectivity index (χ0n) is 13.5. The Morgan fingerprint density at radius 1 is 1.19 bits per heavy atom. The third-order valence-corrected chi connectivity index (χ3v) is 6.17. The number of hydrogen-bond donors (Lipinski definition) is 2. The lowest BCUT2D eigenvalue weighted by Gasteiger charge is -2.08. The molecule has 0 radical (unpaired) electrons. The van der Waals surface area contributed by atoms with Crippen LogP contribution in [0.1, 0.15) is 27.0 Å². The van der Waals surface area contributed by atoms with E-state index in [-0.39, 0.29) is 11.8 Å². The number of halogens is 1. The second kappa shape index (κ2) is 8.63. The van der Waals surface area contributed by atoms with Crippen molar-refractivity contribution in [3.8, 4) is 0 Å². The van der Waals surface area contributed by atoms with Crippen LogP contribution in [0.3, 0.4) is 0 Å². The van der Waals surface area contributed by atoms with Gasteiger partial charge in [0, 0.05) is 5.56 Å². The molecule has 0 aliphatic carbocycles. The standard InChI is InChI=1S/C16H13ClN4O2S3/c1-2-24-16-21-20-15(26-16)19-13(22)9-5-6-10(17)11(8-9)18-14(23)12-4-3-7-25-12/h3-8H,2H2,1H3,(H,18,23)(H,19,20,22). The summed E-state index contributed by atoms with van der Waals surface area (Å²) < 4.78 is 0.794. The van der Waals surface area contributed by atoms with Crippen molar-refractivity contribution in [1.29, 1.82) is 0 Å². The number of nitrogens with zero attached hydrogens (tertiary/aromatic N) is 2. The fraction of sp³-hybridized carbons (Fsp3) is 0.125. The molecule has 0 bridgehead atoms. The van der Waals surface area contributed by atoms with Crippen LogP contribution in [0, 0.1) is 0 Å². The van der Waals surface area contributed by atoms with Crippen molar-refractivity contribution in [3.05, 3.63) is 51.2 Å². The summed E-state index contributed by atoms with van der Waals surface area (Å²) in [6.07, 6.45) is 0. The molecule has 3 rings (SSSR count). The van der Waals surface area contributed by atoms with Crippen molar-refractivity contribution in [1.82, 2.24) is 10.2 Å². The number of carbonyl (C=O) groups excluding carboxylic acids is 2. The molecule has 0 atom stereocenters. The molecule has 3 aromatic rings. The Bertz CT molecular complexity index is 927. The average molecular weight is 425 g/mol. The maximum atomic E-state index is 12.4. The van der Waals surface area contributed by atoms with Crippen LogP contribution in [0.4, 0.5) is 10.8 Å². The first kappa shape index (κ1) is 18.8. The number of hydrogen-bond acceptors (Lipinski definition) is 7. The summed E-state index contributed by atoms with van der Waals surface area (Å²) in [7, 11) is 0. The molecule has 1 aromatic carbocycles. The SMILES string of the molecule is CCSc1nnc(NC(=O)c2ccc(Cl)c(NC(=O)c3cccs3)c2)s1. The first-order valence-electron chi connectivity index (χ1n) is 7.49. The number of benzene rings is 1. The van der Waals surface area contributed by atoms with Crippen molar-refractivity contribution in [2.24, 2.45) is 0 Å². The fourth-order valence-electron chi connectivity index (χ4n) is 1.97. The normalized spacial score (nSPS) is 10.5. The van der Waals surface area contributed by atoms with Crippen molar-refractivity contribution < 1.29 is 9.59 Å². The van der Waals surface area contributed by atoms with Crippen LogP contribution in [-0.2, 0) is 0 Å². The van der Waals surface area contributed by atoms with E-state index in [0.717, 1.165) is 10.1 Å². The summed E-state index contributed by atoms with van der Waals surface area (Å²) in [4.78, 5) is 25.2. The van der Waals surface area contributed by atoms with Gasteiger partial charge >= 0.3 is 0 Å². The predicted octanol–water partition coefficient (Wildman–Crippen LogP) is 4.87. The van der Waals surface area contributed by atoms with Gasteiger partial charge in [-0.1, -0.05) is 47.7 Å². The highest BCUT2D eigenvalue weighted by Crippen LogP contribution is 2.27. The highest BCUT2D eigenvalue weighted by molar-refractivity contribution is 8.01. The first-order valence-corrected chi connectivity index (χ1v) is 10.5. The highest BCUT2D eigenvalue weighted by Gasteiger charge is 2.14. The molecule has 26 heavy (non-hydrogen) atoms. The maximum Gasteiger partial charge on any atom is 0.265 e. The van der Waals surface area contributed by atoms with E-state index in [9.17, 15) is 9.59 Å². The van der Waals surface area contributed by atoms with Crippen LogP contribution < -0.4 is 10.6 Å². The van der Waals surface area contributed by atoms with Gasteiger partial charge in [0.2, 0.25) is 5.13 Å². The largest absolute Gasteiger partial charge is 0.320 e. The summed E-state index contributed by atoms with van der Waals surface area (Å²) in [5.74, 6) is 0.259. The molecule has 0 unspecified atom stereocenters. The smallest absolute Gasteiger partial charge is 0.265 e. The van der Waals surface area contributed by atoms with Gasteiger partial charge in [-0.25, -0.2) is 0 Å². The zero-order chi connectivity index (χ0) is 18.5. The quantitative estimate of drug-likeness (QED) is 0.435. The molecule has 0 spiro atoms. The third-order valence-electron chi connectivity index (χ3n) is 3.12. The number of thioether (sulfide) groups is 1. The van der Waals surface area contributed by atoms with Gasteiger partial charge in [0.05, 0.1) is 15.6 Å². The molecule has 2 heterocycles. The van der Waals surface area contributed by atoms with Crippen molar-refractivity contribution in [3.63, 3.8) is 0 Å². The van der Waals surface area contributed by atoms with Gasteiger partial charge < -0.3 is 5.32 Å². The summed E-state index contributed by atoms with van der Waals surface area (Å²) in [6.45, 7) is 2.02. The molecule has 2 N–H and O–H groups in total. The van der Waals surface area contributed by atoms with Crippen LogP contribution in [-0.4, -0.2) is 27.8 Å². The number of nitrogens with one attached hydrogen (secondary N) is 2. The Labute approximate surface area is 167 Å². The lowest BCUT2D eigenvalue weighted by molar-refractivity contribution is 0.101. The van der Waals surface area contributed by atoms with Crippen LogP contribution >= 0.6 is 46.0 Å². The second-order valence-electron chi connectivity index (χ2n) is 4.89. The highest BCUT2D eigenvalue weighted by atomic mass is 35.5. The Morgan fingerprint density at radius 2 is 2.04 bits per heavy atom. The van der Waals surface area contributed by atoms with E-state index >= 15 is 0 Å². The van der Waals surface area contributed by atoms with Crippen LogP contribution in [0.2, 0.25) is 5.02 Å². The Balaban J connectivity index is 1.73. The van der Waals surface area contributed by atoms with Crippen LogP contribution in [0.25, 0.3) is 0 Å². The first-order chi connectivity index (χ1) is 12.6. The van der Waals surface area contributed by atoms with Crippen molar-refractivity contribution in [2.45, 2.75) is 11.3 Å². The molecule has 2 amide bonds. The van der Waals surface area contributed by atoms with Crippen LogP contribution in [0.5, 0.6) is 0 Å². The molecular weight excluding hydrogens is 412 g/mol. The van der Waals surface area contributed by atoms with E-state index in [4.69, 9.17) is 11.6 Å². The maximum absolute atomic E-state index is 12.4. The average Bonchev–Trinajstić information content (AvgIpc) is 3.29. The summed E-state index contributed by atoms with van der Waals surface area (Å²) in [5, 5.41) is 15.9. The van der Waals surface area contributed by atoms with E-state index in [0.29, 0.717) is 26.3 Å². The van der Waals surface area contributed by atoms with Gasteiger partial charge in [0.1, 0.15) is 0 Å². The number of rotatable bonds is 6. The lowest BCUT2D eigenvalue weighted by atomic mass is 10.2. The lowest BCUT2D eigenvalue weighted by Crippen LogP contribution is -2.14. The van der Waals surface area contributed by atoms with Gasteiger partial charge in [-0.3, -0.25) is 14.9 Å². The Morgan fingerprint density at radius 3 is 2.77 bits per heavy atom. The monoisotopic (exact) mass is 424 g/mol. The van der Waals surface area contributed by atoms with E-state index in [1.54, 1.807) is 36.0 Å². The number of aromatic nitrogens is 2. The molecule has 2 aromatic heterocycles. The molecule has 134 valence electrons. The van der Waals surface area contributed by atoms with E-state index < -0.39 is 0 Å². The molecule has 10 heteroatoms. The number of thiophene rings is 1. The van der Waals surface area contributed by atoms with E-state index in [1.807, 2.05) is 12.3 Å².